The molecule has 2 atom stereocenters. The Morgan fingerprint density at radius 1 is 0.464 bits per heavy atom. The van der Waals surface area contributed by atoms with Crippen molar-refractivity contribution >= 4 is 19.0 Å². The fourth-order valence-electron chi connectivity index (χ4n) is 3.71. The maximum absolute atomic E-state index is 13.7. The molecule has 0 N–H and O–H groups in total. The second kappa shape index (κ2) is 23.4. The van der Waals surface area contributed by atoms with Crippen LogP contribution >= 0.6 is 0 Å². The van der Waals surface area contributed by atoms with Crippen molar-refractivity contribution in [2.75, 3.05) is 13.3 Å². The van der Waals surface area contributed by atoms with Gasteiger partial charge < -0.3 is 0 Å². The molecular weight excluding hydrogens is 396 g/mol. The average Bonchev–Trinajstić information content (AvgIpc) is 2.69. The minimum absolute atomic E-state index is 0.242. The zero-order chi connectivity index (χ0) is 20.7. The third-order valence-electron chi connectivity index (χ3n) is 5.59. The predicted molar refractivity (Wildman–Crippen MR) is 123 cm³/mol. The molecule has 6 heteroatoms. The highest BCUT2D eigenvalue weighted by Crippen LogP contribution is 2.15. The summed E-state index contributed by atoms with van der Waals surface area (Å²) in [5, 5.41) is 0. The van der Waals surface area contributed by atoms with Gasteiger partial charge in [-0.25, -0.2) is 8.78 Å². The molecule has 0 amide bonds. The number of halogens is 4. The second-order valence-corrected chi connectivity index (χ2v) is 12.4. The maximum Gasteiger partial charge on any atom is 0.0973 e. The third-order valence-corrected chi connectivity index (χ3v) is 9.66. The standard InChI is InChI=1S/C22H46F4Si2/c23-15-9-3-1-7-13-21(25)19-27-17-11-5-6-12-18-28-20-22(26)14-8-2-4-10-16-24/h21-22H,1-20,27-28H2. The van der Waals surface area contributed by atoms with Crippen molar-refractivity contribution in [1.29, 1.82) is 0 Å². The zero-order valence-corrected chi connectivity index (χ0v) is 21.1. The predicted octanol–water partition coefficient (Wildman–Crippen LogP) is 7.07. The Morgan fingerprint density at radius 3 is 1.21 bits per heavy atom. The quantitative estimate of drug-likeness (QED) is 0.0901. The van der Waals surface area contributed by atoms with Crippen LogP contribution in [-0.2, 0) is 0 Å². The molecule has 0 aromatic rings. The van der Waals surface area contributed by atoms with Crippen molar-refractivity contribution < 1.29 is 17.6 Å². The van der Waals surface area contributed by atoms with Gasteiger partial charge in [-0.2, -0.15) is 0 Å². The Labute approximate surface area is 176 Å². The lowest BCUT2D eigenvalue weighted by atomic mass is 10.1. The Kier molecular flexibility index (Phi) is 23.6. The number of hydrogen-bond donors (Lipinski definition) is 0. The molecule has 0 bridgehead atoms. The van der Waals surface area contributed by atoms with Gasteiger partial charge in [-0.15, -0.1) is 0 Å². The average molecular weight is 443 g/mol. The van der Waals surface area contributed by atoms with Gasteiger partial charge in [0.2, 0.25) is 0 Å². The second-order valence-electron chi connectivity index (χ2n) is 8.38. The van der Waals surface area contributed by atoms with Gasteiger partial charge in [0.1, 0.15) is 0 Å². The minimum atomic E-state index is -0.611. The van der Waals surface area contributed by atoms with Crippen molar-refractivity contribution in [3.8, 4) is 0 Å². The van der Waals surface area contributed by atoms with Gasteiger partial charge in [-0.3, -0.25) is 8.78 Å². The van der Waals surface area contributed by atoms with Gasteiger partial charge in [-0.1, -0.05) is 76.3 Å². The summed E-state index contributed by atoms with van der Waals surface area (Å²) in [7, 11) is -0.491. The van der Waals surface area contributed by atoms with E-state index in [4.69, 9.17) is 0 Å². The van der Waals surface area contributed by atoms with E-state index in [0.29, 0.717) is 25.7 Å². The molecule has 170 valence electrons. The largest absolute Gasteiger partial charge is 0.251 e. The van der Waals surface area contributed by atoms with Crippen LogP contribution in [0.5, 0.6) is 0 Å². The molecule has 0 rings (SSSR count). The lowest BCUT2D eigenvalue weighted by Crippen LogP contribution is -2.05. The van der Waals surface area contributed by atoms with E-state index in [0.717, 1.165) is 50.6 Å². The molecule has 0 nitrogen and oxygen atoms in total. The lowest BCUT2D eigenvalue weighted by molar-refractivity contribution is 0.327. The monoisotopic (exact) mass is 442 g/mol. The number of unbranched alkanes of at least 4 members (excludes halogenated alkanes) is 9. The summed E-state index contributed by atoms with van der Waals surface area (Å²) in [6.45, 7) is -0.484. The van der Waals surface area contributed by atoms with E-state index in [1.165, 1.54) is 37.8 Å². The van der Waals surface area contributed by atoms with E-state index in [9.17, 15) is 17.6 Å². The van der Waals surface area contributed by atoms with Crippen LogP contribution in [0.3, 0.4) is 0 Å². The van der Waals surface area contributed by atoms with Crippen molar-refractivity contribution in [3.05, 3.63) is 0 Å². The van der Waals surface area contributed by atoms with E-state index in [2.05, 4.69) is 0 Å². The molecule has 2 unspecified atom stereocenters. The van der Waals surface area contributed by atoms with Crippen molar-refractivity contribution in [2.24, 2.45) is 0 Å². The summed E-state index contributed by atoms with van der Waals surface area (Å²) < 4.78 is 51.4. The van der Waals surface area contributed by atoms with Crippen molar-refractivity contribution in [2.45, 2.75) is 126 Å². The van der Waals surface area contributed by atoms with Gasteiger partial charge in [0.15, 0.2) is 0 Å². The summed E-state index contributed by atoms with van der Waals surface area (Å²) in [5.74, 6) is 0. The first-order valence-electron chi connectivity index (χ1n) is 12.1. The number of rotatable bonds is 23. The SMILES string of the molecule is FCCCCCCC(F)C[SiH2]CCCCCC[SiH2]CC(F)CCCCCCF. The summed E-state index contributed by atoms with van der Waals surface area (Å²) in [4.78, 5) is 0. The Bertz CT molecular complexity index is 268. The molecule has 0 spiro atoms. The minimum Gasteiger partial charge on any atom is -0.251 e. The van der Waals surface area contributed by atoms with Gasteiger partial charge in [0.25, 0.3) is 0 Å². The molecule has 0 aliphatic rings. The molecule has 0 radical (unpaired) electrons. The smallest absolute Gasteiger partial charge is 0.0973 e. The van der Waals surface area contributed by atoms with Gasteiger partial charge >= 0.3 is 0 Å². The molecule has 28 heavy (non-hydrogen) atoms. The van der Waals surface area contributed by atoms with Crippen LogP contribution in [-0.4, -0.2) is 44.7 Å². The highest BCUT2D eigenvalue weighted by Gasteiger charge is 2.07. The van der Waals surface area contributed by atoms with Crippen LogP contribution in [0.25, 0.3) is 0 Å². The van der Waals surface area contributed by atoms with Crippen molar-refractivity contribution in [1.82, 2.24) is 0 Å². The molecule has 0 aromatic heterocycles. The van der Waals surface area contributed by atoms with E-state index < -0.39 is 12.3 Å². The first-order chi connectivity index (χ1) is 13.7. The van der Waals surface area contributed by atoms with Crippen LogP contribution in [0, 0.1) is 0 Å². The van der Waals surface area contributed by atoms with E-state index in [1.807, 2.05) is 0 Å². The topological polar surface area (TPSA) is 0 Å². The van der Waals surface area contributed by atoms with Gasteiger partial charge in [0.05, 0.1) is 25.7 Å². The first-order valence-corrected chi connectivity index (χ1v) is 16.1. The highest BCUT2D eigenvalue weighted by atomic mass is 28.2. The Hall–Kier alpha value is 0.154. The fourth-order valence-corrected chi connectivity index (χ4v) is 7.16. The molecule has 0 fully saturated rings. The fraction of sp³-hybridized carbons (Fsp3) is 1.00. The van der Waals surface area contributed by atoms with Gasteiger partial charge in [-0.05, 0) is 37.8 Å². The normalized spacial score (nSPS) is 14.6. The number of alkyl halides is 4. The van der Waals surface area contributed by atoms with Crippen LogP contribution in [0.15, 0.2) is 0 Å². The molecular formula is C22H46F4Si2. The van der Waals surface area contributed by atoms with E-state index in [1.54, 1.807) is 0 Å². The zero-order valence-electron chi connectivity index (χ0n) is 18.2. The molecule has 0 saturated heterocycles. The lowest BCUT2D eigenvalue weighted by Gasteiger charge is -2.08. The molecule has 0 heterocycles. The summed E-state index contributed by atoms with van der Waals surface area (Å²) in [6.07, 6.45) is 12.0. The Morgan fingerprint density at radius 2 is 0.821 bits per heavy atom. The summed E-state index contributed by atoms with van der Waals surface area (Å²) in [5.41, 5.74) is 0. The Balaban J connectivity index is 3.20. The summed E-state index contributed by atoms with van der Waals surface area (Å²) in [6, 6.07) is 4.16. The van der Waals surface area contributed by atoms with E-state index >= 15 is 0 Å². The molecule has 0 aromatic carbocycles. The number of hydrogen-bond acceptors (Lipinski definition) is 0. The van der Waals surface area contributed by atoms with Gasteiger partial charge in [0, 0.05) is 19.0 Å². The molecule has 0 aliphatic carbocycles. The highest BCUT2D eigenvalue weighted by molar-refractivity contribution is 6.35. The third kappa shape index (κ3) is 22.4. The van der Waals surface area contributed by atoms with Crippen LogP contribution < -0.4 is 0 Å². The van der Waals surface area contributed by atoms with Crippen LogP contribution in [0.1, 0.15) is 89.9 Å². The maximum atomic E-state index is 13.7. The van der Waals surface area contributed by atoms with Crippen LogP contribution in [0.2, 0.25) is 24.2 Å². The van der Waals surface area contributed by atoms with E-state index in [-0.39, 0.29) is 32.4 Å². The molecule has 0 aliphatic heterocycles. The van der Waals surface area contributed by atoms with Crippen LogP contribution in [0.4, 0.5) is 17.6 Å². The molecule has 0 saturated carbocycles. The first kappa shape index (κ1) is 28.2. The summed E-state index contributed by atoms with van der Waals surface area (Å²) >= 11 is 0. The van der Waals surface area contributed by atoms with Crippen molar-refractivity contribution in [3.63, 3.8) is 0 Å².